The third kappa shape index (κ3) is 3.49. The summed E-state index contributed by atoms with van der Waals surface area (Å²) in [5.41, 5.74) is 7.05. The van der Waals surface area contributed by atoms with Gasteiger partial charge in [-0.1, -0.05) is 30.3 Å². The van der Waals surface area contributed by atoms with Gasteiger partial charge in [0.15, 0.2) is 0 Å². The number of hydrogen-bond donors (Lipinski definition) is 1. The molecular formula is C14H20N2O2S. The van der Waals surface area contributed by atoms with E-state index < -0.39 is 6.04 Å². The van der Waals surface area contributed by atoms with Crippen molar-refractivity contribution >= 4 is 17.7 Å². The summed E-state index contributed by atoms with van der Waals surface area (Å²) >= 11 is 1.88. The van der Waals surface area contributed by atoms with E-state index in [1.54, 1.807) is 7.11 Å². The van der Waals surface area contributed by atoms with Gasteiger partial charge in [0.1, 0.15) is 6.04 Å². The number of ether oxygens (including phenoxy) is 1. The first-order valence-corrected chi connectivity index (χ1v) is 7.57. The normalized spacial score (nSPS) is 21.2. The molecule has 0 bridgehead atoms. The van der Waals surface area contributed by atoms with E-state index >= 15 is 0 Å². The lowest BCUT2D eigenvalue weighted by molar-refractivity contribution is -0.135. The van der Waals surface area contributed by atoms with E-state index in [9.17, 15) is 4.79 Å². The lowest BCUT2D eigenvalue weighted by atomic mass is 10.1. The van der Waals surface area contributed by atoms with Gasteiger partial charge in [-0.05, 0) is 5.56 Å². The minimum atomic E-state index is -0.570. The van der Waals surface area contributed by atoms with Crippen molar-refractivity contribution in [3.63, 3.8) is 0 Å². The summed E-state index contributed by atoms with van der Waals surface area (Å²) in [5.74, 6) is 1.88. The van der Waals surface area contributed by atoms with Crippen LogP contribution >= 0.6 is 11.8 Å². The minimum absolute atomic E-state index is 0.0176. The first kappa shape index (κ1) is 14.4. The Bertz CT molecular complexity index is 413. The molecule has 1 aromatic rings. The third-order valence-corrected chi connectivity index (χ3v) is 4.28. The molecule has 0 saturated carbocycles. The summed E-state index contributed by atoms with van der Waals surface area (Å²) < 4.78 is 4.98. The number of nitrogens with two attached hydrogens (primary N) is 1. The molecule has 5 heteroatoms. The number of rotatable bonds is 4. The van der Waals surface area contributed by atoms with Gasteiger partial charge < -0.3 is 15.4 Å². The molecule has 1 saturated heterocycles. The van der Waals surface area contributed by atoms with E-state index in [-0.39, 0.29) is 18.6 Å². The van der Waals surface area contributed by atoms with Crippen LogP contribution in [0.2, 0.25) is 0 Å². The zero-order valence-corrected chi connectivity index (χ0v) is 11.9. The van der Waals surface area contributed by atoms with Crippen LogP contribution in [-0.2, 0) is 9.53 Å². The first-order valence-electron chi connectivity index (χ1n) is 6.41. The van der Waals surface area contributed by atoms with Crippen LogP contribution < -0.4 is 5.73 Å². The highest BCUT2D eigenvalue weighted by Crippen LogP contribution is 2.29. The summed E-state index contributed by atoms with van der Waals surface area (Å²) in [6, 6.07) is 9.69. The molecule has 19 heavy (non-hydrogen) atoms. The topological polar surface area (TPSA) is 55.6 Å². The Hall–Kier alpha value is -1.04. The zero-order chi connectivity index (χ0) is 13.7. The van der Waals surface area contributed by atoms with Crippen molar-refractivity contribution in [2.75, 3.05) is 31.8 Å². The number of benzene rings is 1. The van der Waals surface area contributed by atoms with Gasteiger partial charge in [0.05, 0.1) is 12.6 Å². The van der Waals surface area contributed by atoms with Crippen LogP contribution in [0, 0.1) is 0 Å². The van der Waals surface area contributed by atoms with Crippen molar-refractivity contribution in [2.45, 2.75) is 12.1 Å². The van der Waals surface area contributed by atoms with Crippen molar-refractivity contribution < 1.29 is 9.53 Å². The molecule has 104 valence electrons. The smallest absolute Gasteiger partial charge is 0.242 e. The van der Waals surface area contributed by atoms with Crippen molar-refractivity contribution in [3.8, 4) is 0 Å². The van der Waals surface area contributed by atoms with E-state index in [0.717, 1.165) is 18.1 Å². The Balaban J connectivity index is 2.14. The summed E-state index contributed by atoms with van der Waals surface area (Å²) in [7, 11) is 1.56. The Morgan fingerprint density at radius 2 is 2.26 bits per heavy atom. The second kappa shape index (κ2) is 6.93. The van der Waals surface area contributed by atoms with Crippen LogP contribution in [0.4, 0.5) is 0 Å². The zero-order valence-electron chi connectivity index (χ0n) is 11.1. The second-order valence-corrected chi connectivity index (χ2v) is 5.74. The Morgan fingerprint density at radius 1 is 1.53 bits per heavy atom. The van der Waals surface area contributed by atoms with Crippen molar-refractivity contribution in [1.29, 1.82) is 0 Å². The van der Waals surface area contributed by atoms with Gasteiger partial charge in [-0.3, -0.25) is 4.79 Å². The molecule has 2 N–H and O–H groups in total. The number of amides is 1. The highest BCUT2D eigenvalue weighted by Gasteiger charge is 2.31. The summed E-state index contributed by atoms with van der Waals surface area (Å²) in [6.07, 6.45) is 0. The molecule has 1 fully saturated rings. The number of carbonyl (C=O) groups excluding carboxylic acids is 1. The molecule has 0 aromatic heterocycles. The molecule has 0 radical (unpaired) electrons. The molecular weight excluding hydrogens is 260 g/mol. The van der Waals surface area contributed by atoms with Crippen LogP contribution in [0.25, 0.3) is 0 Å². The molecule has 1 aliphatic rings. The van der Waals surface area contributed by atoms with Gasteiger partial charge >= 0.3 is 0 Å². The van der Waals surface area contributed by atoms with E-state index in [2.05, 4.69) is 12.1 Å². The lowest BCUT2D eigenvalue weighted by Gasteiger charge is -2.37. The average Bonchev–Trinajstić information content (AvgIpc) is 2.47. The molecule has 2 rings (SSSR count). The maximum Gasteiger partial charge on any atom is 0.242 e. The van der Waals surface area contributed by atoms with Crippen LogP contribution in [0.5, 0.6) is 0 Å². The maximum absolute atomic E-state index is 12.4. The predicted octanol–water partition coefficient (Wildman–Crippen LogP) is 1.28. The monoisotopic (exact) mass is 280 g/mol. The number of carbonyl (C=O) groups is 1. The molecule has 0 spiro atoms. The lowest BCUT2D eigenvalue weighted by Crippen LogP contribution is -2.50. The van der Waals surface area contributed by atoms with Gasteiger partial charge in [-0.2, -0.15) is 11.8 Å². The Labute approximate surface area is 118 Å². The molecule has 4 nitrogen and oxygen atoms in total. The molecule has 2 atom stereocenters. The van der Waals surface area contributed by atoms with Crippen molar-refractivity contribution in [1.82, 2.24) is 4.90 Å². The standard InChI is InChI=1S/C14H20N2O2S/c1-18-9-12(15)14(17)16-7-8-19-10-13(16)11-5-3-2-4-6-11/h2-6,12-13H,7-10,15H2,1H3. The second-order valence-electron chi connectivity index (χ2n) is 4.59. The molecule has 0 aliphatic carbocycles. The highest BCUT2D eigenvalue weighted by molar-refractivity contribution is 7.99. The molecule has 2 unspecified atom stereocenters. The van der Waals surface area contributed by atoms with E-state index in [1.165, 1.54) is 5.56 Å². The van der Waals surface area contributed by atoms with Gasteiger partial charge in [0.25, 0.3) is 0 Å². The van der Waals surface area contributed by atoms with Crippen LogP contribution in [0.15, 0.2) is 30.3 Å². The number of methoxy groups -OCH3 is 1. The molecule has 1 amide bonds. The average molecular weight is 280 g/mol. The largest absolute Gasteiger partial charge is 0.383 e. The van der Waals surface area contributed by atoms with Crippen molar-refractivity contribution in [2.24, 2.45) is 5.73 Å². The SMILES string of the molecule is COCC(N)C(=O)N1CCSCC1c1ccccc1. The number of nitrogens with zero attached hydrogens (tertiary/aromatic N) is 1. The van der Waals surface area contributed by atoms with E-state index in [1.807, 2.05) is 34.9 Å². The molecule has 1 aromatic carbocycles. The van der Waals surface area contributed by atoms with Crippen LogP contribution in [0.1, 0.15) is 11.6 Å². The van der Waals surface area contributed by atoms with Gasteiger partial charge in [0.2, 0.25) is 5.91 Å². The fourth-order valence-corrected chi connectivity index (χ4v) is 3.37. The fourth-order valence-electron chi connectivity index (χ4n) is 2.28. The first-order chi connectivity index (χ1) is 9.24. The predicted molar refractivity (Wildman–Crippen MR) is 78.1 cm³/mol. The number of hydrogen-bond acceptors (Lipinski definition) is 4. The summed E-state index contributed by atoms with van der Waals surface area (Å²) in [6.45, 7) is 1.02. The van der Waals surface area contributed by atoms with Crippen LogP contribution in [-0.4, -0.2) is 48.6 Å². The van der Waals surface area contributed by atoms with Gasteiger partial charge in [0, 0.05) is 25.2 Å². The highest BCUT2D eigenvalue weighted by atomic mass is 32.2. The van der Waals surface area contributed by atoms with Crippen molar-refractivity contribution in [3.05, 3.63) is 35.9 Å². The number of thioether (sulfide) groups is 1. The summed E-state index contributed by atoms with van der Waals surface area (Å²) in [4.78, 5) is 14.3. The van der Waals surface area contributed by atoms with Gasteiger partial charge in [-0.15, -0.1) is 0 Å². The van der Waals surface area contributed by atoms with Gasteiger partial charge in [-0.25, -0.2) is 0 Å². The Kier molecular flexibility index (Phi) is 5.24. The minimum Gasteiger partial charge on any atom is -0.383 e. The van der Waals surface area contributed by atoms with Crippen LogP contribution in [0.3, 0.4) is 0 Å². The summed E-state index contributed by atoms with van der Waals surface area (Å²) in [5, 5.41) is 0. The van der Waals surface area contributed by atoms with E-state index in [4.69, 9.17) is 10.5 Å². The molecule has 1 aliphatic heterocycles. The fraction of sp³-hybridized carbons (Fsp3) is 0.500. The van der Waals surface area contributed by atoms with E-state index in [0.29, 0.717) is 0 Å². The molecule has 1 heterocycles. The third-order valence-electron chi connectivity index (χ3n) is 3.26. The Morgan fingerprint density at radius 3 is 2.95 bits per heavy atom. The quantitative estimate of drug-likeness (QED) is 0.902. The maximum atomic E-state index is 12.4.